The molecular formula is C14H23NO. The molecule has 90 valence electrons. The predicted octanol–water partition coefficient (Wildman–Crippen LogP) is 2.59. The van der Waals surface area contributed by atoms with Crippen LogP contribution in [0.15, 0.2) is 24.3 Å². The topological polar surface area (TPSA) is 32.3 Å². The minimum atomic E-state index is -0.743. The molecule has 0 aliphatic rings. The van der Waals surface area contributed by atoms with Crippen LogP contribution in [0.3, 0.4) is 0 Å². The molecule has 2 nitrogen and oxygen atoms in total. The van der Waals surface area contributed by atoms with Gasteiger partial charge in [0.15, 0.2) is 0 Å². The largest absolute Gasteiger partial charge is 0.385 e. The van der Waals surface area contributed by atoms with Gasteiger partial charge in [0, 0.05) is 6.04 Å². The lowest BCUT2D eigenvalue weighted by molar-refractivity contribution is 0.0469. The molecule has 2 heteroatoms. The second-order valence-electron chi connectivity index (χ2n) is 4.95. The predicted molar refractivity (Wildman–Crippen MR) is 68.5 cm³/mol. The Bertz CT molecular complexity index is 331. The van der Waals surface area contributed by atoms with E-state index in [2.05, 4.69) is 19.2 Å². The van der Waals surface area contributed by atoms with Gasteiger partial charge in [0.2, 0.25) is 0 Å². The summed E-state index contributed by atoms with van der Waals surface area (Å²) >= 11 is 0. The Hall–Kier alpha value is -0.860. The van der Waals surface area contributed by atoms with E-state index >= 15 is 0 Å². The highest BCUT2D eigenvalue weighted by Crippen LogP contribution is 2.26. The first-order valence-corrected chi connectivity index (χ1v) is 5.95. The van der Waals surface area contributed by atoms with E-state index in [9.17, 15) is 5.11 Å². The van der Waals surface area contributed by atoms with Crippen LogP contribution >= 0.6 is 0 Å². The maximum absolute atomic E-state index is 10.4. The van der Waals surface area contributed by atoms with Gasteiger partial charge in [-0.2, -0.15) is 0 Å². The summed E-state index contributed by atoms with van der Waals surface area (Å²) < 4.78 is 0. The van der Waals surface area contributed by atoms with Gasteiger partial charge in [-0.15, -0.1) is 0 Å². The average Bonchev–Trinajstić information content (AvgIpc) is 2.17. The molecule has 2 N–H and O–H groups in total. The third-order valence-corrected chi connectivity index (χ3v) is 2.89. The lowest BCUT2D eigenvalue weighted by Crippen LogP contribution is -2.31. The van der Waals surface area contributed by atoms with Crippen LogP contribution < -0.4 is 5.32 Å². The Morgan fingerprint density at radius 2 is 1.94 bits per heavy atom. The van der Waals surface area contributed by atoms with Crippen molar-refractivity contribution in [2.45, 2.75) is 45.8 Å². The maximum atomic E-state index is 10.4. The normalized spacial score (nSPS) is 15.1. The van der Waals surface area contributed by atoms with Crippen molar-refractivity contribution in [1.29, 1.82) is 0 Å². The molecule has 0 bridgehead atoms. The Balaban J connectivity index is 2.66. The van der Waals surface area contributed by atoms with Gasteiger partial charge in [-0.3, -0.25) is 0 Å². The van der Waals surface area contributed by atoms with E-state index in [1.807, 2.05) is 38.1 Å². The van der Waals surface area contributed by atoms with Crippen molar-refractivity contribution in [3.8, 4) is 0 Å². The molecule has 0 fully saturated rings. The number of benzene rings is 1. The molecule has 1 aromatic rings. The molecule has 0 spiro atoms. The molecule has 0 aromatic heterocycles. The molecule has 1 aromatic carbocycles. The number of nitrogens with one attached hydrogen (secondary N) is 1. The first-order chi connectivity index (χ1) is 7.43. The summed E-state index contributed by atoms with van der Waals surface area (Å²) in [6, 6.07) is 8.49. The zero-order valence-corrected chi connectivity index (χ0v) is 10.7. The fraction of sp³-hybridized carbons (Fsp3) is 0.571. The Morgan fingerprint density at radius 1 is 1.31 bits per heavy atom. The molecule has 1 rings (SSSR count). The molecule has 0 aliphatic heterocycles. The molecule has 0 heterocycles. The smallest absolute Gasteiger partial charge is 0.0883 e. The van der Waals surface area contributed by atoms with Gasteiger partial charge in [0.1, 0.15) is 0 Å². The van der Waals surface area contributed by atoms with Gasteiger partial charge in [0.05, 0.1) is 5.60 Å². The summed E-state index contributed by atoms with van der Waals surface area (Å²) in [5, 5.41) is 13.8. The monoisotopic (exact) mass is 221 g/mol. The molecule has 0 radical (unpaired) electrons. The van der Waals surface area contributed by atoms with Crippen LogP contribution in [0.4, 0.5) is 0 Å². The van der Waals surface area contributed by atoms with Crippen molar-refractivity contribution in [1.82, 2.24) is 5.32 Å². The van der Waals surface area contributed by atoms with Gasteiger partial charge in [0.25, 0.3) is 0 Å². The summed E-state index contributed by atoms with van der Waals surface area (Å²) in [4.78, 5) is 0. The molecule has 1 unspecified atom stereocenters. The number of rotatable bonds is 5. The van der Waals surface area contributed by atoms with Crippen molar-refractivity contribution < 1.29 is 5.11 Å². The van der Waals surface area contributed by atoms with E-state index in [0.717, 1.165) is 24.1 Å². The summed E-state index contributed by atoms with van der Waals surface area (Å²) in [6.45, 7) is 8.99. The SMILES string of the molecule is Cc1ccccc1C(C)(O)CCNC(C)C. The van der Waals surface area contributed by atoms with Gasteiger partial charge in [-0.05, 0) is 37.9 Å². The van der Waals surface area contributed by atoms with E-state index < -0.39 is 5.60 Å². The quantitative estimate of drug-likeness (QED) is 0.801. The Labute approximate surface area is 98.7 Å². The minimum Gasteiger partial charge on any atom is -0.385 e. The van der Waals surface area contributed by atoms with Crippen LogP contribution in [0.25, 0.3) is 0 Å². The van der Waals surface area contributed by atoms with Crippen molar-refractivity contribution in [2.24, 2.45) is 0 Å². The highest BCUT2D eigenvalue weighted by atomic mass is 16.3. The van der Waals surface area contributed by atoms with E-state index in [1.165, 1.54) is 0 Å². The fourth-order valence-electron chi connectivity index (χ4n) is 1.92. The van der Waals surface area contributed by atoms with Crippen molar-refractivity contribution in [3.05, 3.63) is 35.4 Å². The van der Waals surface area contributed by atoms with Crippen molar-refractivity contribution >= 4 is 0 Å². The third-order valence-electron chi connectivity index (χ3n) is 2.89. The Morgan fingerprint density at radius 3 is 2.50 bits per heavy atom. The van der Waals surface area contributed by atoms with Crippen LogP contribution in [0, 0.1) is 6.92 Å². The second-order valence-corrected chi connectivity index (χ2v) is 4.95. The summed E-state index contributed by atoms with van der Waals surface area (Å²) in [7, 11) is 0. The average molecular weight is 221 g/mol. The van der Waals surface area contributed by atoms with E-state index in [0.29, 0.717) is 6.04 Å². The van der Waals surface area contributed by atoms with Crippen LogP contribution in [0.5, 0.6) is 0 Å². The van der Waals surface area contributed by atoms with Crippen molar-refractivity contribution in [3.63, 3.8) is 0 Å². The number of aryl methyl sites for hydroxylation is 1. The van der Waals surface area contributed by atoms with Crippen LogP contribution in [-0.2, 0) is 5.60 Å². The molecule has 16 heavy (non-hydrogen) atoms. The molecule has 0 amide bonds. The zero-order chi connectivity index (χ0) is 12.2. The highest BCUT2D eigenvalue weighted by molar-refractivity contribution is 5.30. The van der Waals surface area contributed by atoms with Gasteiger partial charge in [-0.1, -0.05) is 38.1 Å². The molecule has 0 saturated carbocycles. The van der Waals surface area contributed by atoms with Crippen LogP contribution in [0.2, 0.25) is 0 Å². The first kappa shape index (κ1) is 13.2. The summed E-state index contributed by atoms with van der Waals surface area (Å²) in [5.41, 5.74) is 1.44. The lowest BCUT2D eigenvalue weighted by Gasteiger charge is -2.26. The molecule has 0 saturated heterocycles. The summed E-state index contributed by atoms with van der Waals surface area (Å²) in [5.74, 6) is 0. The lowest BCUT2D eigenvalue weighted by atomic mass is 9.89. The molecule has 1 atom stereocenters. The maximum Gasteiger partial charge on any atom is 0.0883 e. The highest BCUT2D eigenvalue weighted by Gasteiger charge is 2.23. The Kier molecular flexibility index (Phi) is 4.51. The van der Waals surface area contributed by atoms with Crippen molar-refractivity contribution in [2.75, 3.05) is 6.54 Å². The van der Waals surface area contributed by atoms with E-state index in [-0.39, 0.29) is 0 Å². The molecule has 0 aliphatic carbocycles. The zero-order valence-electron chi connectivity index (χ0n) is 10.7. The van der Waals surface area contributed by atoms with Gasteiger partial charge in [-0.25, -0.2) is 0 Å². The third kappa shape index (κ3) is 3.62. The number of hydrogen-bond acceptors (Lipinski definition) is 2. The first-order valence-electron chi connectivity index (χ1n) is 5.95. The summed E-state index contributed by atoms with van der Waals surface area (Å²) in [6.07, 6.45) is 0.732. The molecular weight excluding hydrogens is 198 g/mol. The van der Waals surface area contributed by atoms with Crippen LogP contribution in [-0.4, -0.2) is 17.7 Å². The minimum absolute atomic E-state index is 0.465. The number of aliphatic hydroxyl groups is 1. The van der Waals surface area contributed by atoms with E-state index in [4.69, 9.17) is 0 Å². The number of hydrogen-bond donors (Lipinski definition) is 2. The van der Waals surface area contributed by atoms with Crippen LogP contribution in [0.1, 0.15) is 38.3 Å². The van der Waals surface area contributed by atoms with Gasteiger partial charge < -0.3 is 10.4 Å². The van der Waals surface area contributed by atoms with Gasteiger partial charge >= 0.3 is 0 Å². The second kappa shape index (κ2) is 5.46. The van der Waals surface area contributed by atoms with E-state index in [1.54, 1.807) is 0 Å². The standard InChI is InChI=1S/C14H23NO/c1-11(2)15-10-9-14(4,16)13-8-6-5-7-12(13)3/h5-8,11,15-16H,9-10H2,1-4H3. The fourth-order valence-corrected chi connectivity index (χ4v) is 1.92.